The van der Waals surface area contributed by atoms with Gasteiger partial charge in [0.2, 0.25) is 0 Å². The van der Waals surface area contributed by atoms with Gasteiger partial charge in [-0.25, -0.2) is 0 Å². The molecule has 7 nitrogen and oxygen atoms in total. The molecule has 25 heavy (non-hydrogen) atoms. The van der Waals surface area contributed by atoms with Gasteiger partial charge in [0.25, 0.3) is 5.91 Å². The molecule has 0 aliphatic carbocycles. The van der Waals surface area contributed by atoms with Crippen molar-refractivity contribution in [3.05, 3.63) is 34.8 Å². The second-order valence-electron chi connectivity index (χ2n) is 7.00. The Morgan fingerprint density at radius 1 is 1.24 bits per heavy atom. The van der Waals surface area contributed by atoms with Gasteiger partial charge in [0.1, 0.15) is 5.76 Å². The Hall–Kier alpha value is -2.57. The van der Waals surface area contributed by atoms with Crippen LogP contribution >= 0.6 is 0 Å². The van der Waals surface area contributed by atoms with Gasteiger partial charge in [-0.1, -0.05) is 12.1 Å². The monoisotopic (exact) mass is 345 g/mol. The van der Waals surface area contributed by atoms with Crippen LogP contribution in [0.25, 0.3) is 5.82 Å². The maximum Gasteiger partial charge on any atom is 0.308 e. The molecule has 1 saturated heterocycles. The van der Waals surface area contributed by atoms with Gasteiger partial charge in [0.05, 0.1) is 11.5 Å². The van der Waals surface area contributed by atoms with Crippen LogP contribution in [0.5, 0.6) is 0 Å². The summed E-state index contributed by atoms with van der Waals surface area (Å²) >= 11 is 0. The lowest BCUT2D eigenvalue weighted by Crippen LogP contribution is -2.45. The number of aryl methyl sites for hydroxylation is 2. The summed E-state index contributed by atoms with van der Waals surface area (Å²) in [7, 11) is 0. The largest absolute Gasteiger partial charge is 0.481 e. The minimum absolute atomic E-state index is 0.127. The Morgan fingerprint density at radius 2 is 1.96 bits per heavy atom. The lowest BCUT2D eigenvalue weighted by molar-refractivity contribution is -0.143. The van der Waals surface area contributed by atoms with Crippen LogP contribution in [0, 0.1) is 32.6 Å². The topological polar surface area (TPSA) is 88.6 Å². The number of nitrogens with zero attached hydrogens (tertiary/aromatic N) is 3. The third-order valence-corrected chi connectivity index (χ3v) is 4.80. The molecule has 7 heteroatoms. The highest BCUT2D eigenvalue weighted by molar-refractivity contribution is 5.96. The van der Waals surface area contributed by atoms with Crippen LogP contribution < -0.4 is 0 Å². The number of carbonyl (C=O) groups is 2. The van der Waals surface area contributed by atoms with E-state index in [0.29, 0.717) is 30.1 Å². The van der Waals surface area contributed by atoms with Gasteiger partial charge in [-0.2, -0.15) is 0 Å². The average Bonchev–Trinajstić information content (AvgIpc) is 3.09. The molecule has 2 aromatic rings. The van der Waals surface area contributed by atoms with Crippen molar-refractivity contribution in [1.29, 1.82) is 0 Å². The van der Waals surface area contributed by atoms with E-state index in [9.17, 15) is 14.7 Å². The van der Waals surface area contributed by atoms with Gasteiger partial charge in [-0.05, 0) is 39.2 Å². The Kier molecular flexibility index (Phi) is 4.41. The fourth-order valence-electron chi connectivity index (χ4n) is 3.66. The molecule has 0 spiro atoms. The molecule has 2 unspecified atom stereocenters. The number of amides is 1. The standard InChI is InChI=1S/C18H23N3O4/c1-10-5-14(18(23)24)9-20(8-10)17(22)15-6-11(2)21(13(15)4)16-7-12(3)25-19-16/h6-7,10,14H,5,8-9H2,1-4H3,(H,23,24). The lowest BCUT2D eigenvalue weighted by atomic mass is 9.90. The summed E-state index contributed by atoms with van der Waals surface area (Å²) in [5.74, 6) is 0.0339. The highest BCUT2D eigenvalue weighted by atomic mass is 16.5. The molecule has 0 radical (unpaired) electrons. The van der Waals surface area contributed by atoms with E-state index in [1.165, 1.54) is 0 Å². The number of carboxylic acids is 1. The smallest absolute Gasteiger partial charge is 0.308 e. The van der Waals surface area contributed by atoms with Crippen LogP contribution in [-0.4, -0.2) is 44.7 Å². The Bertz CT molecular complexity index is 820. The number of aromatic nitrogens is 2. The third kappa shape index (κ3) is 3.18. The first-order valence-electron chi connectivity index (χ1n) is 8.42. The van der Waals surface area contributed by atoms with Gasteiger partial charge in [-0.3, -0.25) is 14.2 Å². The predicted octanol–water partition coefficient (Wildman–Crippen LogP) is 2.57. The Labute approximate surface area is 146 Å². The second kappa shape index (κ2) is 6.38. The van der Waals surface area contributed by atoms with Gasteiger partial charge in [0, 0.05) is 30.5 Å². The molecule has 0 bridgehead atoms. The predicted molar refractivity (Wildman–Crippen MR) is 90.9 cm³/mol. The zero-order valence-electron chi connectivity index (χ0n) is 14.9. The highest BCUT2D eigenvalue weighted by Gasteiger charge is 2.33. The molecule has 1 fully saturated rings. The van der Waals surface area contributed by atoms with Crippen LogP contribution in [0.3, 0.4) is 0 Å². The molecule has 134 valence electrons. The molecule has 0 aromatic carbocycles. The van der Waals surface area contributed by atoms with E-state index in [1.54, 1.807) is 4.90 Å². The van der Waals surface area contributed by atoms with E-state index in [4.69, 9.17) is 4.52 Å². The van der Waals surface area contributed by atoms with E-state index in [1.807, 2.05) is 44.4 Å². The summed E-state index contributed by atoms with van der Waals surface area (Å²) in [5.41, 5.74) is 2.24. The Morgan fingerprint density at radius 3 is 2.56 bits per heavy atom. The van der Waals surface area contributed by atoms with Crippen LogP contribution in [0.2, 0.25) is 0 Å². The highest BCUT2D eigenvalue weighted by Crippen LogP contribution is 2.26. The SMILES string of the molecule is Cc1cc(-n2c(C)cc(C(=O)N3CC(C)CC(C(=O)O)C3)c2C)no1. The van der Waals surface area contributed by atoms with Crippen molar-refractivity contribution in [2.75, 3.05) is 13.1 Å². The van der Waals surface area contributed by atoms with Gasteiger partial charge in [-0.15, -0.1) is 0 Å². The van der Waals surface area contributed by atoms with E-state index >= 15 is 0 Å². The third-order valence-electron chi connectivity index (χ3n) is 4.80. The van der Waals surface area contributed by atoms with Crippen LogP contribution in [0.4, 0.5) is 0 Å². The summed E-state index contributed by atoms with van der Waals surface area (Å²) < 4.78 is 7.02. The number of hydrogen-bond acceptors (Lipinski definition) is 4. The van der Waals surface area contributed by atoms with E-state index in [2.05, 4.69) is 5.16 Å². The lowest BCUT2D eigenvalue weighted by Gasteiger charge is -2.34. The second-order valence-corrected chi connectivity index (χ2v) is 7.00. The number of rotatable bonds is 3. The van der Waals surface area contributed by atoms with Crippen molar-refractivity contribution >= 4 is 11.9 Å². The number of hydrogen-bond donors (Lipinski definition) is 1. The molecule has 0 saturated carbocycles. The average molecular weight is 345 g/mol. The Balaban J connectivity index is 1.91. The van der Waals surface area contributed by atoms with E-state index in [-0.39, 0.29) is 18.4 Å². The van der Waals surface area contributed by atoms with Crippen molar-refractivity contribution in [2.45, 2.75) is 34.1 Å². The fourth-order valence-corrected chi connectivity index (χ4v) is 3.66. The molecule has 3 rings (SSSR count). The zero-order chi connectivity index (χ0) is 18.3. The van der Waals surface area contributed by atoms with Crippen molar-refractivity contribution in [3.8, 4) is 5.82 Å². The van der Waals surface area contributed by atoms with Crippen molar-refractivity contribution in [1.82, 2.24) is 14.6 Å². The van der Waals surface area contributed by atoms with Crippen molar-refractivity contribution in [3.63, 3.8) is 0 Å². The molecule has 1 aliphatic rings. The zero-order valence-corrected chi connectivity index (χ0v) is 14.9. The van der Waals surface area contributed by atoms with Crippen LogP contribution in [0.1, 0.15) is 40.9 Å². The molecule has 1 N–H and O–H groups in total. The summed E-state index contributed by atoms with van der Waals surface area (Å²) in [6.45, 7) is 8.41. The number of aliphatic carboxylic acids is 1. The van der Waals surface area contributed by atoms with Crippen LogP contribution in [-0.2, 0) is 4.79 Å². The maximum atomic E-state index is 13.0. The first kappa shape index (κ1) is 17.3. The summed E-state index contributed by atoms with van der Waals surface area (Å²) in [6.07, 6.45) is 0.607. The van der Waals surface area contributed by atoms with Gasteiger partial charge in [0.15, 0.2) is 5.82 Å². The quantitative estimate of drug-likeness (QED) is 0.923. The normalized spacial score (nSPS) is 20.7. The summed E-state index contributed by atoms with van der Waals surface area (Å²) in [5, 5.41) is 13.3. The minimum atomic E-state index is -0.840. The first-order chi connectivity index (χ1) is 11.8. The van der Waals surface area contributed by atoms with E-state index in [0.717, 1.165) is 11.4 Å². The number of carbonyl (C=O) groups excluding carboxylic acids is 1. The molecule has 3 heterocycles. The molecular formula is C18H23N3O4. The van der Waals surface area contributed by atoms with Gasteiger partial charge < -0.3 is 14.5 Å². The van der Waals surface area contributed by atoms with Crippen molar-refractivity contribution < 1.29 is 19.2 Å². The molecule has 2 atom stereocenters. The van der Waals surface area contributed by atoms with Crippen molar-refractivity contribution in [2.24, 2.45) is 11.8 Å². The summed E-state index contributed by atoms with van der Waals surface area (Å²) in [6, 6.07) is 3.65. The first-order valence-corrected chi connectivity index (χ1v) is 8.42. The maximum absolute atomic E-state index is 13.0. The molecular weight excluding hydrogens is 322 g/mol. The molecule has 2 aromatic heterocycles. The minimum Gasteiger partial charge on any atom is -0.481 e. The van der Waals surface area contributed by atoms with E-state index < -0.39 is 11.9 Å². The fraction of sp³-hybridized carbons (Fsp3) is 0.500. The van der Waals surface area contributed by atoms with Crippen LogP contribution in [0.15, 0.2) is 16.7 Å². The summed E-state index contributed by atoms with van der Waals surface area (Å²) in [4.78, 5) is 26.0. The number of piperidine rings is 1. The molecule has 1 amide bonds. The number of carboxylic acid groups (broad SMARTS) is 1. The number of likely N-dealkylation sites (tertiary alicyclic amines) is 1. The molecule has 1 aliphatic heterocycles. The van der Waals surface area contributed by atoms with Gasteiger partial charge >= 0.3 is 5.97 Å².